The average molecular weight is 286 g/mol. The molecule has 0 bridgehead atoms. The summed E-state index contributed by atoms with van der Waals surface area (Å²) in [4.78, 5) is 11.8. The lowest BCUT2D eigenvalue weighted by Crippen LogP contribution is -2.40. The van der Waals surface area contributed by atoms with Gasteiger partial charge in [-0.3, -0.25) is 4.79 Å². The number of ether oxygens (including phenoxy) is 2. The zero-order valence-electron chi connectivity index (χ0n) is 11.2. The molecular formula is C14H20ClNO3. The lowest BCUT2D eigenvalue weighted by atomic mass is 9.81. The molecule has 1 aromatic carbocycles. The highest BCUT2D eigenvalue weighted by Gasteiger charge is 2.32. The number of hydrogen-bond donors (Lipinski definition) is 1. The summed E-state index contributed by atoms with van der Waals surface area (Å²) in [6, 6.07) is 7.94. The maximum atomic E-state index is 11.8. The van der Waals surface area contributed by atoms with Gasteiger partial charge in [0, 0.05) is 6.54 Å². The first-order chi connectivity index (χ1) is 8.76. The van der Waals surface area contributed by atoms with E-state index in [-0.39, 0.29) is 30.2 Å². The fourth-order valence-electron chi connectivity index (χ4n) is 2.51. The standard InChI is InChI=1S/C14H19NO3.ClH/c1-17-11-5-3-10(4-6-11)12-7-8-15-9-13(12)14(16)18-2;/h3-6,12-13,15H,7-9H2,1-2H3;1H. The highest BCUT2D eigenvalue weighted by atomic mass is 35.5. The molecule has 0 radical (unpaired) electrons. The maximum Gasteiger partial charge on any atom is 0.310 e. The third-order valence-corrected chi connectivity index (χ3v) is 3.53. The number of hydrogen-bond acceptors (Lipinski definition) is 4. The Kier molecular flexibility index (Phi) is 6.12. The normalized spacial score (nSPS) is 22.2. The summed E-state index contributed by atoms with van der Waals surface area (Å²) < 4.78 is 10.0. The molecule has 1 N–H and O–H groups in total. The summed E-state index contributed by atoms with van der Waals surface area (Å²) in [7, 11) is 3.10. The van der Waals surface area contributed by atoms with Crippen LogP contribution in [0, 0.1) is 5.92 Å². The Bertz CT molecular complexity index is 408. The van der Waals surface area contributed by atoms with Crippen LogP contribution < -0.4 is 10.1 Å². The molecule has 1 aromatic rings. The molecule has 0 aromatic heterocycles. The molecule has 1 aliphatic heterocycles. The number of halogens is 1. The van der Waals surface area contributed by atoms with E-state index in [1.54, 1.807) is 7.11 Å². The van der Waals surface area contributed by atoms with Crippen molar-refractivity contribution in [1.29, 1.82) is 0 Å². The van der Waals surface area contributed by atoms with Gasteiger partial charge in [0.1, 0.15) is 5.75 Å². The highest BCUT2D eigenvalue weighted by molar-refractivity contribution is 5.85. The zero-order valence-corrected chi connectivity index (χ0v) is 12.0. The summed E-state index contributed by atoms with van der Waals surface area (Å²) in [5.41, 5.74) is 1.17. The first-order valence-corrected chi connectivity index (χ1v) is 6.18. The molecule has 2 atom stereocenters. The number of carbonyl (C=O) groups is 1. The van der Waals surface area contributed by atoms with Crippen molar-refractivity contribution in [2.45, 2.75) is 12.3 Å². The van der Waals surface area contributed by atoms with Gasteiger partial charge in [-0.2, -0.15) is 0 Å². The van der Waals surface area contributed by atoms with Crippen LogP contribution in [0.25, 0.3) is 0 Å². The summed E-state index contributed by atoms with van der Waals surface area (Å²) >= 11 is 0. The second-order valence-corrected chi connectivity index (χ2v) is 4.50. The number of benzene rings is 1. The Balaban J connectivity index is 0.00000180. The molecule has 1 fully saturated rings. The Morgan fingerprint density at radius 1 is 1.26 bits per heavy atom. The molecule has 1 heterocycles. The first kappa shape index (κ1) is 15.8. The lowest BCUT2D eigenvalue weighted by molar-refractivity contribution is -0.146. The fraction of sp³-hybridized carbons (Fsp3) is 0.500. The minimum absolute atomic E-state index is 0. The first-order valence-electron chi connectivity index (χ1n) is 6.18. The molecule has 106 valence electrons. The lowest BCUT2D eigenvalue weighted by Gasteiger charge is -2.30. The Morgan fingerprint density at radius 2 is 1.95 bits per heavy atom. The van der Waals surface area contributed by atoms with Crippen molar-refractivity contribution in [1.82, 2.24) is 5.32 Å². The van der Waals surface area contributed by atoms with E-state index < -0.39 is 0 Å². The maximum absolute atomic E-state index is 11.8. The van der Waals surface area contributed by atoms with Crippen LogP contribution in [0.3, 0.4) is 0 Å². The second kappa shape index (κ2) is 7.36. The molecule has 0 spiro atoms. The van der Waals surface area contributed by atoms with Crippen LogP contribution in [0.4, 0.5) is 0 Å². The van der Waals surface area contributed by atoms with Crippen LogP contribution >= 0.6 is 12.4 Å². The van der Waals surface area contributed by atoms with E-state index in [1.807, 2.05) is 24.3 Å². The van der Waals surface area contributed by atoms with Gasteiger partial charge < -0.3 is 14.8 Å². The van der Waals surface area contributed by atoms with Gasteiger partial charge >= 0.3 is 5.97 Å². The largest absolute Gasteiger partial charge is 0.497 e. The van der Waals surface area contributed by atoms with Crippen LogP contribution in [0.5, 0.6) is 5.75 Å². The van der Waals surface area contributed by atoms with E-state index in [1.165, 1.54) is 12.7 Å². The third kappa shape index (κ3) is 3.61. The molecule has 2 unspecified atom stereocenters. The fourth-order valence-corrected chi connectivity index (χ4v) is 2.51. The van der Waals surface area contributed by atoms with E-state index in [0.717, 1.165) is 18.7 Å². The van der Waals surface area contributed by atoms with Gasteiger partial charge in [0.05, 0.1) is 20.1 Å². The summed E-state index contributed by atoms with van der Waals surface area (Å²) in [6.45, 7) is 1.62. The molecule has 4 nitrogen and oxygen atoms in total. The number of piperidine rings is 1. The zero-order chi connectivity index (χ0) is 13.0. The van der Waals surface area contributed by atoms with Crippen LogP contribution in [0.2, 0.25) is 0 Å². The van der Waals surface area contributed by atoms with Crippen molar-refractivity contribution in [3.05, 3.63) is 29.8 Å². The van der Waals surface area contributed by atoms with Crippen molar-refractivity contribution in [2.24, 2.45) is 5.92 Å². The van der Waals surface area contributed by atoms with Crippen molar-refractivity contribution in [3.63, 3.8) is 0 Å². The topological polar surface area (TPSA) is 47.6 Å². The van der Waals surface area contributed by atoms with Crippen LogP contribution in [-0.2, 0) is 9.53 Å². The predicted molar refractivity (Wildman–Crippen MR) is 76.0 cm³/mol. The van der Waals surface area contributed by atoms with Crippen molar-refractivity contribution >= 4 is 18.4 Å². The van der Waals surface area contributed by atoms with Gasteiger partial charge in [-0.15, -0.1) is 12.4 Å². The van der Waals surface area contributed by atoms with Crippen LogP contribution in [-0.4, -0.2) is 33.3 Å². The third-order valence-electron chi connectivity index (χ3n) is 3.53. The van der Waals surface area contributed by atoms with Gasteiger partial charge in [-0.05, 0) is 36.6 Å². The summed E-state index contributed by atoms with van der Waals surface area (Å²) in [5, 5.41) is 3.25. The monoisotopic (exact) mass is 285 g/mol. The number of esters is 1. The van der Waals surface area contributed by atoms with Gasteiger partial charge in [0.15, 0.2) is 0 Å². The van der Waals surface area contributed by atoms with E-state index in [0.29, 0.717) is 6.54 Å². The van der Waals surface area contributed by atoms with Crippen LogP contribution in [0.1, 0.15) is 17.9 Å². The van der Waals surface area contributed by atoms with Gasteiger partial charge in [-0.1, -0.05) is 12.1 Å². The molecule has 5 heteroatoms. The number of methoxy groups -OCH3 is 2. The molecule has 0 aliphatic carbocycles. The van der Waals surface area contributed by atoms with Gasteiger partial charge in [-0.25, -0.2) is 0 Å². The van der Waals surface area contributed by atoms with Crippen LogP contribution in [0.15, 0.2) is 24.3 Å². The van der Waals surface area contributed by atoms with Crippen molar-refractivity contribution in [2.75, 3.05) is 27.3 Å². The van der Waals surface area contributed by atoms with Gasteiger partial charge in [0.25, 0.3) is 0 Å². The summed E-state index contributed by atoms with van der Waals surface area (Å²) in [5.74, 6) is 0.826. The Hall–Kier alpha value is -1.26. The minimum Gasteiger partial charge on any atom is -0.497 e. The Labute approximate surface area is 119 Å². The SMILES string of the molecule is COC(=O)C1CNCCC1c1ccc(OC)cc1.Cl. The number of carbonyl (C=O) groups excluding carboxylic acids is 1. The summed E-state index contributed by atoms with van der Waals surface area (Å²) in [6.07, 6.45) is 0.950. The molecule has 1 aliphatic rings. The number of nitrogens with one attached hydrogen (secondary N) is 1. The quantitative estimate of drug-likeness (QED) is 0.863. The molecule has 0 amide bonds. The minimum atomic E-state index is -0.136. The predicted octanol–water partition coefficient (Wildman–Crippen LogP) is 1.98. The van der Waals surface area contributed by atoms with E-state index >= 15 is 0 Å². The molecule has 0 saturated carbocycles. The Morgan fingerprint density at radius 3 is 2.53 bits per heavy atom. The molecule has 1 saturated heterocycles. The van der Waals surface area contributed by atoms with E-state index in [9.17, 15) is 4.79 Å². The molecular weight excluding hydrogens is 266 g/mol. The van der Waals surface area contributed by atoms with Crippen molar-refractivity contribution < 1.29 is 14.3 Å². The smallest absolute Gasteiger partial charge is 0.310 e. The number of rotatable bonds is 3. The van der Waals surface area contributed by atoms with E-state index in [2.05, 4.69) is 5.32 Å². The van der Waals surface area contributed by atoms with Crippen molar-refractivity contribution in [3.8, 4) is 5.75 Å². The van der Waals surface area contributed by atoms with Gasteiger partial charge in [0.2, 0.25) is 0 Å². The highest BCUT2D eigenvalue weighted by Crippen LogP contribution is 2.31. The molecule has 19 heavy (non-hydrogen) atoms. The average Bonchev–Trinajstić information content (AvgIpc) is 2.46. The molecule has 2 rings (SSSR count). The second-order valence-electron chi connectivity index (χ2n) is 4.50. The van der Waals surface area contributed by atoms with E-state index in [4.69, 9.17) is 9.47 Å².